The summed E-state index contributed by atoms with van der Waals surface area (Å²) in [6, 6.07) is 11.6. The monoisotopic (exact) mass is 285 g/mol. The van der Waals surface area contributed by atoms with Gasteiger partial charge in [0, 0.05) is 12.0 Å². The first kappa shape index (κ1) is 14.1. The fourth-order valence-corrected chi connectivity index (χ4v) is 2.87. The lowest BCUT2D eigenvalue weighted by Gasteiger charge is -2.21. The first-order valence-corrected chi connectivity index (χ1v) is 7.44. The normalized spacial score (nSPS) is 14.6. The summed E-state index contributed by atoms with van der Waals surface area (Å²) in [5.41, 5.74) is 3.94. The van der Waals surface area contributed by atoms with Crippen molar-refractivity contribution in [3.05, 3.63) is 64.5 Å². The van der Waals surface area contributed by atoms with Gasteiger partial charge in [0.15, 0.2) is 0 Å². The molecule has 1 unspecified atom stereocenters. The Labute approximate surface area is 125 Å². The number of fused-ring (bicyclic) bond motifs is 1. The average Bonchev–Trinajstić information content (AvgIpc) is 2.96. The van der Waals surface area contributed by atoms with Gasteiger partial charge in [0.25, 0.3) is 0 Å². The third-order valence-corrected chi connectivity index (χ3v) is 3.99. The van der Waals surface area contributed by atoms with Crippen LogP contribution < -0.4 is 10.1 Å². The number of nitrogens with one attached hydrogen (secondary N) is 1. The predicted molar refractivity (Wildman–Crippen MR) is 82.3 cm³/mol. The lowest BCUT2D eigenvalue weighted by atomic mass is 9.95. The van der Waals surface area contributed by atoms with Gasteiger partial charge in [0.1, 0.15) is 11.6 Å². The maximum atomic E-state index is 13.9. The lowest BCUT2D eigenvalue weighted by Crippen LogP contribution is -2.22. The van der Waals surface area contributed by atoms with Crippen LogP contribution in [0.2, 0.25) is 0 Å². The zero-order valence-corrected chi connectivity index (χ0v) is 12.4. The van der Waals surface area contributed by atoms with Gasteiger partial charge >= 0.3 is 0 Å². The maximum Gasteiger partial charge on any atom is 0.127 e. The molecule has 0 bridgehead atoms. The Kier molecular flexibility index (Phi) is 3.93. The van der Waals surface area contributed by atoms with Crippen LogP contribution in [0, 0.1) is 12.7 Å². The summed E-state index contributed by atoms with van der Waals surface area (Å²) in [5, 5.41) is 3.44. The van der Waals surface area contributed by atoms with E-state index in [9.17, 15) is 4.39 Å². The van der Waals surface area contributed by atoms with Crippen molar-refractivity contribution in [1.82, 2.24) is 5.32 Å². The summed E-state index contributed by atoms with van der Waals surface area (Å²) in [6.45, 7) is 5.38. The third kappa shape index (κ3) is 2.66. The largest absolute Gasteiger partial charge is 0.493 e. The fourth-order valence-electron chi connectivity index (χ4n) is 2.87. The Morgan fingerprint density at radius 2 is 2.14 bits per heavy atom. The second kappa shape index (κ2) is 5.86. The Bertz CT molecular complexity index is 654. The first-order chi connectivity index (χ1) is 10.2. The van der Waals surface area contributed by atoms with E-state index in [1.54, 1.807) is 13.0 Å². The second-order valence-corrected chi connectivity index (χ2v) is 5.43. The molecule has 21 heavy (non-hydrogen) atoms. The number of para-hydroxylation sites is 1. The highest BCUT2D eigenvalue weighted by molar-refractivity contribution is 5.49. The Hall–Kier alpha value is -1.87. The summed E-state index contributed by atoms with van der Waals surface area (Å²) in [7, 11) is 0. The van der Waals surface area contributed by atoms with Gasteiger partial charge in [0.2, 0.25) is 0 Å². The van der Waals surface area contributed by atoms with E-state index >= 15 is 0 Å². The molecule has 0 spiro atoms. The molecule has 1 aliphatic rings. The van der Waals surface area contributed by atoms with Gasteiger partial charge in [-0.25, -0.2) is 4.39 Å². The molecule has 3 rings (SSSR count). The molecule has 110 valence electrons. The van der Waals surface area contributed by atoms with E-state index in [1.807, 2.05) is 12.1 Å². The van der Waals surface area contributed by atoms with Gasteiger partial charge in [0.05, 0.1) is 12.6 Å². The minimum atomic E-state index is -0.163. The molecule has 1 N–H and O–H groups in total. The van der Waals surface area contributed by atoms with Crippen LogP contribution in [0.4, 0.5) is 4.39 Å². The fraction of sp³-hybridized carbons (Fsp3) is 0.333. The Morgan fingerprint density at radius 3 is 2.90 bits per heavy atom. The molecule has 0 aromatic heterocycles. The zero-order chi connectivity index (χ0) is 14.8. The van der Waals surface area contributed by atoms with Gasteiger partial charge < -0.3 is 10.1 Å². The second-order valence-electron chi connectivity index (χ2n) is 5.43. The molecular weight excluding hydrogens is 265 g/mol. The highest BCUT2D eigenvalue weighted by Gasteiger charge is 2.23. The summed E-state index contributed by atoms with van der Waals surface area (Å²) in [6.07, 6.45) is 0.949. The van der Waals surface area contributed by atoms with E-state index in [2.05, 4.69) is 30.4 Å². The molecular formula is C18H20FNO. The van der Waals surface area contributed by atoms with Crippen molar-refractivity contribution < 1.29 is 9.13 Å². The molecule has 0 radical (unpaired) electrons. The van der Waals surface area contributed by atoms with Crippen molar-refractivity contribution in [3.63, 3.8) is 0 Å². The van der Waals surface area contributed by atoms with Crippen LogP contribution in [0.25, 0.3) is 0 Å². The molecule has 0 fully saturated rings. The molecule has 2 aromatic carbocycles. The van der Waals surface area contributed by atoms with Crippen LogP contribution in [0.1, 0.15) is 35.2 Å². The Morgan fingerprint density at radius 1 is 1.29 bits per heavy atom. The highest BCUT2D eigenvalue weighted by Crippen LogP contribution is 2.36. The van der Waals surface area contributed by atoms with E-state index in [0.717, 1.165) is 36.4 Å². The maximum absolute atomic E-state index is 13.9. The van der Waals surface area contributed by atoms with E-state index in [-0.39, 0.29) is 11.9 Å². The molecule has 0 amide bonds. The van der Waals surface area contributed by atoms with E-state index in [4.69, 9.17) is 4.74 Å². The van der Waals surface area contributed by atoms with Crippen molar-refractivity contribution in [3.8, 4) is 5.75 Å². The number of aryl methyl sites for hydroxylation is 1. The summed E-state index contributed by atoms with van der Waals surface area (Å²) < 4.78 is 19.7. The van der Waals surface area contributed by atoms with Crippen LogP contribution in [0.3, 0.4) is 0 Å². The molecule has 2 aromatic rings. The number of halogens is 1. The number of benzene rings is 2. The topological polar surface area (TPSA) is 21.3 Å². The predicted octanol–water partition coefficient (Wildman–Crippen LogP) is 3.77. The minimum Gasteiger partial charge on any atom is -0.493 e. The van der Waals surface area contributed by atoms with Crippen molar-refractivity contribution in [1.29, 1.82) is 0 Å². The summed E-state index contributed by atoms with van der Waals surface area (Å²) in [4.78, 5) is 0. The van der Waals surface area contributed by atoms with Gasteiger partial charge in [-0.2, -0.15) is 0 Å². The summed E-state index contributed by atoms with van der Waals surface area (Å²) >= 11 is 0. The van der Waals surface area contributed by atoms with Gasteiger partial charge in [-0.1, -0.05) is 37.3 Å². The van der Waals surface area contributed by atoms with Gasteiger partial charge in [-0.05, 0) is 36.2 Å². The number of ether oxygens (including phenoxy) is 1. The molecule has 1 aliphatic heterocycles. The smallest absolute Gasteiger partial charge is 0.127 e. The Balaban J connectivity index is 2.06. The average molecular weight is 285 g/mol. The van der Waals surface area contributed by atoms with Gasteiger partial charge in [-0.3, -0.25) is 0 Å². The minimum absolute atomic E-state index is 0.0434. The van der Waals surface area contributed by atoms with Crippen molar-refractivity contribution >= 4 is 0 Å². The van der Waals surface area contributed by atoms with Crippen molar-refractivity contribution in [2.45, 2.75) is 26.3 Å². The third-order valence-electron chi connectivity index (χ3n) is 3.99. The molecule has 2 nitrogen and oxygen atoms in total. The van der Waals surface area contributed by atoms with Gasteiger partial charge in [-0.15, -0.1) is 0 Å². The standard InChI is InChI=1S/C18H20FNO/c1-3-20-17(14-8-7-12(2)16(19)11-14)15-6-4-5-13-9-10-21-18(13)15/h4-8,11,17,20H,3,9-10H2,1-2H3. The van der Waals surface area contributed by atoms with Crippen molar-refractivity contribution in [2.24, 2.45) is 0 Å². The van der Waals surface area contributed by atoms with E-state index < -0.39 is 0 Å². The molecule has 3 heteroatoms. The van der Waals surface area contributed by atoms with Crippen molar-refractivity contribution in [2.75, 3.05) is 13.2 Å². The number of rotatable bonds is 4. The molecule has 0 saturated heterocycles. The molecule has 0 saturated carbocycles. The number of hydrogen-bond acceptors (Lipinski definition) is 2. The van der Waals surface area contributed by atoms with Crippen LogP contribution in [-0.4, -0.2) is 13.2 Å². The van der Waals surface area contributed by atoms with Crippen LogP contribution in [0.5, 0.6) is 5.75 Å². The SMILES string of the molecule is CCNC(c1ccc(C)c(F)c1)c1cccc2c1OCC2. The quantitative estimate of drug-likeness (QED) is 0.923. The van der Waals surface area contributed by atoms with E-state index in [1.165, 1.54) is 5.56 Å². The summed E-state index contributed by atoms with van der Waals surface area (Å²) in [5.74, 6) is 0.799. The van der Waals surface area contributed by atoms with Crippen LogP contribution >= 0.6 is 0 Å². The lowest BCUT2D eigenvalue weighted by molar-refractivity contribution is 0.350. The van der Waals surface area contributed by atoms with E-state index in [0.29, 0.717) is 5.56 Å². The number of hydrogen-bond donors (Lipinski definition) is 1. The van der Waals surface area contributed by atoms with Crippen LogP contribution in [-0.2, 0) is 6.42 Å². The molecule has 1 atom stereocenters. The molecule has 1 heterocycles. The van der Waals surface area contributed by atoms with Crippen LogP contribution in [0.15, 0.2) is 36.4 Å². The zero-order valence-electron chi connectivity index (χ0n) is 12.4. The first-order valence-electron chi connectivity index (χ1n) is 7.44. The molecule has 0 aliphatic carbocycles. The highest BCUT2D eigenvalue weighted by atomic mass is 19.1.